The van der Waals surface area contributed by atoms with Crippen molar-refractivity contribution in [2.24, 2.45) is 0 Å². The first-order valence-electron chi connectivity index (χ1n) is 8.82. The van der Waals surface area contributed by atoms with Crippen LogP contribution in [0.1, 0.15) is 23.6 Å². The fraction of sp³-hybridized carbons (Fsp3) is 0.286. The lowest BCUT2D eigenvalue weighted by molar-refractivity contribution is 0.220. The SMILES string of the molecule is CCc1cc2oc(=O)cc(CN3CCOc4ccccc4C3)c2cc1Cl. The van der Waals surface area contributed by atoms with Crippen LogP contribution in [0, 0.1) is 0 Å². The Morgan fingerprint density at radius 2 is 2.00 bits per heavy atom. The molecule has 0 amide bonds. The standard InChI is InChI=1S/C21H20ClNO3/c1-2-14-9-20-17(11-18(14)22)16(10-21(24)26-20)13-23-7-8-25-19-6-4-3-5-15(19)12-23/h3-6,9-11H,2,7-8,12-13H2,1H3. The van der Waals surface area contributed by atoms with Gasteiger partial charge in [-0.3, -0.25) is 4.90 Å². The Bertz CT molecular complexity index is 1010. The summed E-state index contributed by atoms with van der Waals surface area (Å²) >= 11 is 6.40. The highest BCUT2D eigenvalue weighted by Crippen LogP contribution is 2.28. The Hall–Kier alpha value is -2.30. The predicted molar refractivity (Wildman–Crippen MR) is 103 cm³/mol. The minimum atomic E-state index is -0.330. The van der Waals surface area contributed by atoms with Gasteiger partial charge in [0.15, 0.2) is 0 Å². The van der Waals surface area contributed by atoms with E-state index in [1.807, 2.05) is 37.3 Å². The monoisotopic (exact) mass is 369 g/mol. The van der Waals surface area contributed by atoms with Crippen LogP contribution in [0.25, 0.3) is 11.0 Å². The Kier molecular flexibility index (Phi) is 4.70. The highest BCUT2D eigenvalue weighted by Gasteiger charge is 2.17. The van der Waals surface area contributed by atoms with E-state index in [4.69, 9.17) is 20.8 Å². The van der Waals surface area contributed by atoms with E-state index in [0.29, 0.717) is 23.8 Å². The molecule has 4 nitrogen and oxygen atoms in total. The molecule has 3 aromatic rings. The van der Waals surface area contributed by atoms with Crippen LogP contribution in [-0.4, -0.2) is 18.1 Å². The topological polar surface area (TPSA) is 42.7 Å². The number of hydrogen-bond acceptors (Lipinski definition) is 4. The molecule has 0 spiro atoms. The van der Waals surface area contributed by atoms with Gasteiger partial charge in [-0.1, -0.05) is 36.7 Å². The second-order valence-electron chi connectivity index (χ2n) is 6.55. The van der Waals surface area contributed by atoms with Crippen molar-refractivity contribution in [2.75, 3.05) is 13.2 Å². The van der Waals surface area contributed by atoms with Gasteiger partial charge in [-0.25, -0.2) is 4.79 Å². The smallest absolute Gasteiger partial charge is 0.336 e. The molecule has 4 rings (SSSR count). The van der Waals surface area contributed by atoms with Crippen molar-refractivity contribution in [1.82, 2.24) is 4.90 Å². The molecule has 5 heteroatoms. The molecule has 0 radical (unpaired) electrons. The molecule has 1 aromatic heterocycles. The number of nitrogens with zero attached hydrogens (tertiary/aromatic N) is 1. The minimum Gasteiger partial charge on any atom is -0.492 e. The number of hydrogen-bond donors (Lipinski definition) is 0. The molecule has 0 atom stereocenters. The highest BCUT2D eigenvalue weighted by atomic mass is 35.5. The van der Waals surface area contributed by atoms with E-state index >= 15 is 0 Å². The summed E-state index contributed by atoms with van der Waals surface area (Å²) in [5.41, 5.74) is 3.34. The van der Waals surface area contributed by atoms with Crippen molar-refractivity contribution >= 4 is 22.6 Å². The molecular weight excluding hydrogens is 350 g/mol. The second kappa shape index (κ2) is 7.14. The highest BCUT2D eigenvalue weighted by molar-refractivity contribution is 6.32. The lowest BCUT2D eigenvalue weighted by atomic mass is 10.1. The van der Waals surface area contributed by atoms with E-state index in [9.17, 15) is 4.79 Å². The summed E-state index contributed by atoms with van der Waals surface area (Å²) in [6.07, 6.45) is 0.795. The number of ether oxygens (including phenoxy) is 1. The van der Waals surface area contributed by atoms with E-state index in [1.54, 1.807) is 6.07 Å². The first-order valence-corrected chi connectivity index (χ1v) is 9.20. The molecule has 26 heavy (non-hydrogen) atoms. The van der Waals surface area contributed by atoms with Gasteiger partial charge < -0.3 is 9.15 Å². The van der Waals surface area contributed by atoms with E-state index < -0.39 is 0 Å². The number of aryl methyl sites for hydroxylation is 1. The zero-order chi connectivity index (χ0) is 18.1. The Morgan fingerprint density at radius 1 is 1.15 bits per heavy atom. The fourth-order valence-corrected chi connectivity index (χ4v) is 3.74. The van der Waals surface area contributed by atoms with E-state index in [-0.39, 0.29) is 5.63 Å². The summed E-state index contributed by atoms with van der Waals surface area (Å²) in [7, 11) is 0. The third kappa shape index (κ3) is 3.35. The molecule has 0 N–H and O–H groups in total. The van der Waals surface area contributed by atoms with Crippen molar-refractivity contribution < 1.29 is 9.15 Å². The van der Waals surface area contributed by atoms with Crippen LogP contribution in [-0.2, 0) is 19.5 Å². The summed E-state index contributed by atoms with van der Waals surface area (Å²) < 4.78 is 11.2. The van der Waals surface area contributed by atoms with Gasteiger partial charge in [0, 0.05) is 41.7 Å². The molecule has 2 aromatic carbocycles. The minimum absolute atomic E-state index is 0.330. The Balaban J connectivity index is 1.71. The summed E-state index contributed by atoms with van der Waals surface area (Å²) in [5, 5.41) is 1.60. The van der Waals surface area contributed by atoms with Crippen molar-refractivity contribution in [1.29, 1.82) is 0 Å². The van der Waals surface area contributed by atoms with Crippen molar-refractivity contribution in [3.63, 3.8) is 0 Å². The van der Waals surface area contributed by atoms with Gasteiger partial charge in [0.1, 0.15) is 17.9 Å². The lowest BCUT2D eigenvalue weighted by Crippen LogP contribution is -2.25. The van der Waals surface area contributed by atoms with E-state index in [0.717, 1.165) is 47.3 Å². The van der Waals surface area contributed by atoms with Crippen LogP contribution in [0.5, 0.6) is 5.75 Å². The van der Waals surface area contributed by atoms with Crippen LogP contribution in [0.4, 0.5) is 0 Å². The van der Waals surface area contributed by atoms with Gasteiger partial charge in [0.2, 0.25) is 0 Å². The predicted octanol–water partition coefficient (Wildman–Crippen LogP) is 4.40. The molecule has 1 aliphatic heterocycles. The first-order chi connectivity index (χ1) is 12.6. The number of benzene rings is 2. The molecule has 0 bridgehead atoms. The van der Waals surface area contributed by atoms with E-state index in [1.165, 1.54) is 0 Å². The zero-order valence-electron chi connectivity index (χ0n) is 14.6. The maximum Gasteiger partial charge on any atom is 0.336 e. The molecule has 0 fully saturated rings. The van der Waals surface area contributed by atoms with Gasteiger partial charge in [0.25, 0.3) is 0 Å². The van der Waals surface area contributed by atoms with Crippen molar-refractivity contribution in [2.45, 2.75) is 26.4 Å². The molecule has 0 saturated carbocycles. The Labute approximate surface area is 156 Å². The van der Waals surface area contributed by atoms with Crippen molar-refractivity contribution in [3.05, 3.63) is 74.6 Å². The average molecular weight is 370 g/mol. The number of rotatable bonds is 3. The van der Waals surface area contributed by atoms with Gasteiger partial charge in [-0.15, -0.1) is 0 Å². The molecule has 134 valence electrons. The van der Waals surface area contributed by atoms with Crippen LogP contribution >= 0.6 is 11.6 Å². The van der Waals surface area contributed by atoms with E-state index in [2.05, 4.69) is 11.0 Å². The molecule has 0 saturated heterocycles. The first kappa shape index (κ1) is 17.1. The zero-order valence-corrected chi connectivity index (χ0v) is 15.4. The number of fused-ring (bicyclic) bond motifs is 2. The maximum absolute atomic E-state index is 12.1. The second-order valence-corrected chi connectivity index (χ2v) is 6.96. The number of para-hydroxylation sites is 1. The van der Waals surface area contributed by atoms with Crippen LogP contribution in [0.3, 0.4) is 0 Å². The van der Waals surface area contributed by atoms with Gasteiger partial charge in [-0.05, 0) is 35.7 Å². The van der Waals surface area contributed by atoms with Gasteiger partial charge in [0.05, 0.1) is 0 Å². The van der Waals surface area contributed by atoms with Crippen LogP contribution in [0.15, 0.2) is 51.7 Å². The third-order valence-electron chi connectivity index (χ3n) is 4.80. The lowest BCUT2D eigenvalue weighted by Gasteiger charge is -2.20. The summed E-state index contributed by atoms with van der Waals surface area (Å²) in [6.45, 7) is 4.86. The molecule has 2 heterocycles. The van der Waals surface area contributed by atoms with Crippen LogP contribution in [0.2, 0.25) is 5.02 Å². The molecular formula is C21H20ClNO3. The molecule has 0 unspecified atom stereocenters. The maximum atomic E-state index is 12.1. The Morgan fingerprint density at radius 3 is 2.85 bits per heavy atom. The molecule has 1 aliphatic rings. The van der Waals surface area contributed by atoms with Crippen molar-refractivity contribution in [3.8, 4) is 5.75 Å². The third-order valence-corrected chi connectivity index (χ3v) is 5.16. The quantitative estimate of drug-likeness (QED) is 0.641. The van der Waals surface area contributed by atoms with Gasteiger partial charge in [-0.2, -0.15) is 0 Å². The van der Waals surface area contributed by atoms with Gasteiger partial charge >= 0.3 is 5.63 Å². The fourth-order valence-electron chi connectivity index (χ4n) is 3.45. The largest absolute Gasteiger partial charge is 0.492 e. The molecule has 0 aliphatic carbocycles. The summed E-state index contributed by atoms with van der Waals surface area (Å²) in [5.74, 6) is 0.933. The summed E-state index contributed by atoms with van der Waals surface area (Å²) in [4.78, 5) is 14.3. The average Bonchev–Trinajstić information content (AvgIpc) is 2.83. The summed E-state index contributed by atoms with van der Waals surface area (Å²) in [6, 6.07) is 13.4. The number of halogens is 1. The normalized spacial score (nSPS) is 14.7. The van der Waals surface area contributed by atoms with Crippen LogP contribution < -0.4 is 10.4 Å².